The maximum absolute atomic E-state index is 6.28. The molecule has 1 aromatic heterocycles. The first-order valence-corrected chi connectivity index (χ1v) is 12.0. The molecule has 0 saturated carbocycles. The molecule has 6 heteroatoms. The van der Waals surface area contributed by atoms with Crippen LogP contribution in [0.2, 0.25) is 0 Å². The van der Waals surface area contributed by atoms with E-state index in [0.29, 0.717) is 32.3 Å². The van der Waals surface area contributed by atoms with E-state index in [0.717, 1.165) is 11.3 Å². The van der Waals surface area contributed by atoms with Crippen molar-refractivity contribution in [1.82, 2.24) is 9.97 Å². The Morgan fingerprint density at radius 2 is 1.56 bits per heavy atom. The topological polar surface area (TPSA) is 56.7 Å². The van der Waals surface area contributed by atoms with Crippen LogP contribution >= 0.6 is 0 Å². The third-order valence-corrected chi connectivity index (χ3v) is 6.55. The molecule has 5 rings (SSSR count). The van der Waals surface area contributed by atoms with Gasteiger partial charge in [-0.05, 0) is 17.2 Å². The third kappa shape index (κ3) is 4.99. The highest BCUT2D eigenvalue weighted by Gasteiger charge is 2.50. The minimum atomic E-state index is -0.0993. The highest BCUT2D eigenvalue weighted by molar-refractivity contribution is 5.37. The molecule has 0 unspecified atom stereocenters. The number of nitrogens with zero attached hydrogens (tertiary/aromatic N) is 3. The fraction of sp³-hybridized carbons (Fsp3) is 0.429. The van der Waals surface area contributed by atoms with Crippen molar-refractivity contribution in [2.24, 2.45) is 0 Å². The van der Waals surface area contributed by atoms with Gasteiger partial charge in [0.15, 0.2) is 0 Å². The molecule has 6 nitrogen and oxygen atoms in total. The van der Waals surface area contributed by atoms with Crippen LogP contribution in [0.25, 0.3) is 0 Å². The van der Waals surface area contributed by atoms with Crippen molar-refractivity contribution in [3.8, 4) is 0 Å². The summed E-state index contributed by atoms with van der Waals surface area (Å²) in [6.45, 7) is 8.83. The molecule has 34 heavy (non-hydrogen) atoms. The second-order valence-corrected chi connectivity index (χ2v) is 10.1. The molecule has 178 valence electrons. The Balaban J connectivity index is 1.37. The molecule has 3 heterocycles. The van der Waals surface area contributed by atoms with Crippen LogP contribution < -0.4 is 4.90 Å². The Kier molecular flexibility index (Phi) is 6.63. The van der Waals surface area contributed by atoms with Crippen LogP contribution in [0.4, 0.5) is 5.95 Å². The van der Waals surface area contributed by atoms with E-state index >= 15 is 0 Å². The molecular weight excluding hydrogens is 426 g/mol. The van der Waals surface area contributed by atoms with E-state index in [2.05, 4.69) is 67.1 Å². The smallest absolute Gasteiger partial charge is 0.226 e. The summed E-state index contributed by atoms with van der Waals surface area (Å²) in [5, 5.41) is 0. The molecule has 0 radical (unpaired) electrons. The van der Waals surface area contributed by atoms with E-state index in [1.807, 2.05) is 36.5 Å². The number of hydrogen-bond donors (Lipinski definition) is 0. The SMILES string of the molecule is CC(C)(C)c1ccnc(N(Cc2ccccc2)[C@H]2CO[C@H]3[C@@H]2OC[C@H]3OCc2ccccc2)n1. The molecule has 2 aromatic carbocycles. The van der Waals surface area contributed by atoms with Crippen LogP contribution in [0.5, 0.6) is 0 Å². The Hall–Kier alpha value is -2.80. The van der Waals surface area contributed by atoms with Crippen LogP contribution in [0.1, 0.15) is 37.6 Å². The van der Waals surface area contributed by atoms with E-state index in [1.165, 1.54) is 5.56 Å². The standard InChI is InChI=1S/C28H33N3O3/c1-28(2,3)24-14-15-29-27(30-24)31(16-20-10-6-4-7-11-20)22-18-33-26-23(19-34-25(22)26)32-17-21-12-8-5-9-13-21/h4-15,22-23,25-26H,16-19H2,1-3H3/t22-,23+,25+,26+/m0/s1. The van der Waals surface area contributed by atoms with Crippen molar-refractivity contribution in [3.63, 3.8) is 0 Å². The summed E-state index contributed by atoms with van der Waals surface area (Å²) >= 11 is 0. The summed E-state index contributed by atoms with van der Waals surface area (Å²) < 4.78 is 18.8. The van der Waals surface area contributed by atoms with Gasteiger partial charge < -0.3 is 19.1 Å². The number of rotatable bonds is 7. The summed E-state index contributed by atoms with van der Waals surface area (Å²) in [5.41, 5.74) is 3.30. The van der Waals surface area contributed by atoms with Crippen molar-refractivity contribution < 1.29 is 14.2 Å². The Bertz CT molecular complexity index is 1070. The highest BCUT2D eigenvalue weighted by atomic mass is 16.6. The lowest BCUT2D eigenvalue weighted by Gasteiger charge is -2.32. The molecule has 2 aliphatic heterocycles. The fourth-order valence-corrected chi connectivity index (χ4v) is 4.65. The van der Waals surface area contributed by atoms with Gasteiger partial charge in [-0.3, -0.25) is 0 Å². The van der Waals surface area contributed by atoms with Crippen LogP contribution in [-0.4, -0.2) is 47.5 Å². The van der Waals surface area contributed by atoms with Crippen molar-refractivity contribution in [1.29, 1.82) is 0 Å². The van der Waals surface area contributed by atoms with Gasteiger partial charge in [-0.1, -0.05) is 81.4 Å². The normalized spacial score (nSPS) is 24.2. The lowest BCUT2D eigenvalue weighted by atomic mass is 9.92. The number of hydrogen-bond acceptors (Lipinski definition) is 6. The summed E-state index contributed by atoms with van der Waals surface area (Å²) in [6.07, 6.45) is 1.58. The monoisotopic (exact) mass is 459 g/mol. The van der Waals surface area contributed by atoms with E-state index in [1.54, 1.807) is 0 Å². The van der Waals surface area contributed by atoms with Crippen molar-refractivity contribution in [3.05, 3.63) is 89.7 Å². The zero-order chi connectivity index (χ0) is 23.5. The Labute approximate surface area is 201 Å². The molecule has 2 saturated heterocycles. The third-order valence-electron chi connectivity index (χ3n) is 6.55. The molecule has 0 amide bonds. The predicted octanol–water partition coefficient (Wildman–Crippen LogP) is 4.53. The summed E-state index contributed by atoms with van der Waals surface area (Å²) in [5.74, 6) is 0.711. The molecule has 4 atom stereocenters. The average molecular weight is 460 g/mol. The second-order valence-electron chi connectivity index (χ2n) is 10.1. The zero-order valence-electron chi connectivity index (χ0n) is 20.1. The summed E-state index contributed by atoms with van der Waals surface area (Å²) in [4.78, 5) is 11.9. The van der Waals surface area contributed by atoms with Crippen molar-refractivity contribution in [2.75, 3.05) is 18.1 Å². The molecule has 2 aliphatic rings. The first-order chi connectivity index (χ1) is 16.5. The second kappa shape index (κ2) is 9.82. The summed E-state index contributed by atoms with van der Waals surface area (Å²) in [6, 6.07) is 22.7. The number of ether oxygens (including phenoxy) is 3. The van der Waals surface area contributed by atoms with Crippen LogP contribution in [0.15, 0.2) is 72.9 Å². The average Bonchev–Trinajstić information content (AvgIpc) is 3.45. The molecule has 3 aromatic rings. The van der Waals surface area contributed by atoms with E-state index in [9.17, 15) is 0 Å². The molecule has 2 fully saturated rings. The molecule has 0 N–H and O–H groups in total. The largest absolute Gasteiger partial charge is 0.370 e. The predicted molar refractivity (Wildman–Crippen MR) is 132 cm³/mol. The van der Waals surface area contributed by atoms with Gasteiger partial charge >= 0.3 is 0 Å². The number of fused-ring (bicyclic) bond motifs is 1. The summed E-state index contributed by atoms with van der Waals surface area (Å²) in [7, 11) is 0. The van der Waals surface area contributed by atoms with E-state index in [4.69, 9.17) is 19.2 Å². The van der Waals surface area contributed by atoms with E-state index in [-0.39, 0.29) is 29.8 Å². The van der Waals surface area contributed by atoms with Gasteiger partial charge in [0.2, 0.25) is 5.95 Å². The van der Waals surface area contributed by atoms with Gasteiger partial charge in [0, 0.05) is 18.2 Å². The first kappa shape index (κ1) is 23.0. The van der Waals surface area contributed by atoms with Crippen LogP contribution in [0.3, 0.4) is 0 Å². The van der Waals surface area contributed by atoms with Gasteiger partial charge in [0.05, 0.1) is 31.6 Å². The van der Waals surface area contributed by atoms with Gasteiger partial charge in [-0.25, -0.2) is 9.97 Å². The fourth-order valence-electron chi connectivity index (χ4n) is 4.65. The quantitative estimate of drug-likeness (QED) is 0.517. The molecule has 0 aliphatic carbocycles. The Morgan fingerprint density at radius 3 is 2.26 bits per heavy atom. The molecule has 0 bridgehead atoms. The van der Waals surface area contributed by atoms with Crippen LogP contribution in [-0.2, 0) is 32.8 Å². The lowest BCUT2D eigenvalue weighted by Crippen LogP contribution is -2.45. The van der Waals surface area contributed by atoms with E-state index < -0.39 is 0 Å². The lowest BCUT2D eigenvalue weighted by molar-refractivity contribution is -0.0390. The Morgan fingerprint density at radius 1 is 0.882 bits per heavy atom. The molecule has 0 spiro atoms. The van der Waals surface area contributed by atoms with Gasteiger partial charge in [0.1, 0.15) is 18.3 Å². The van der Waals surface area contributed by atoms with Crippen molar-refractivity contribution in [2.45, 2.75) is 63.7 Å². The molecular formula is C28H33N3O3. The van der Waals surface area contributed by atoms with Crippen molar-refractivity contribution >= 4 is 5.95 Å². The van der Waals surface area contributed by atoms with Crippen LogP contribution in [0, 0.1) is 0 Å². The van der Waals surface area contributed by atoms with Gasteiger partial charge in [-0.15, -0.1) is 0 Å². The minimum absolute atomic E-state index is 0.00532. The van der Waals surface area contributed by atoms with Gasteiger partial charge in [0.25, 0.3) is 0 Å². The minimum Gasteiger partial charge on any atom is -0.370 e. The first-order valence-electron chi connectivity index (χ1n) is 12.0. The maximum Gasteiger partial charge on any atom is 0.226 e. The van der Waals surface area contributed by atoms with Gasteiger partial charge in [-0.2, -0.15) is 0 Å². The maximum atomic E-state index is 6.28. The zero-order valence-corrected chi connectivity index (χ0v) is 20.1. The number of anilines is 1. The highest BCUT2D eigenvalue weighted by Crippen LogP contribution is 2.34. The number of aromatic nitrogens is 2. The number of benzene rings is 2.